The zero-order chi connectivity index (χ0) is 52.9. The second-order valence-corrected chi connectivity index (χ2v) is 20.1. The second kappa shape index (κ2) is 28.7. The Hall–Kier alpha value is -6.08. The summed E-state index contributed by atoms with van der Waals surface area (Å²) < 4.78 is 55.9. The van der Waals surface area contributed by atoms with E-state index < -0.39 is 0 Å². The number of rotatable bonds is 27. The Morgan fingerprint density at radius 1 is 0.467 bits per heavy atom. The molecule has 402 valence electrons. The third-order valence-electron chi connectivity index (χ3n) is 14.8. The SMILES string of the molecule is CCOc1ccc(CCCCC2c3ccc(OCOC)cc3OCC2(C)c2ccc(COC)cc2)cc1.COCOc1ccc2c(c1)OCC(C)(c1ccc(COC)cc1)C2CCCCc1ccc(OCCO)cc1. The van der Waals surface area contributed by atoms with Crippen molar-refractivity contribution in [3.05, 3.63) is 178 Å². The molecule has 4 unspecified atom stereocenters. The van der Waals surface area contributed by atoms with Gasteiger partial charge >= 0.3 is 0 Å². The van der Waals surface area contributed by atoms with Gasteiger partial charge in [0, 0.05) is 63.2 Å². The van der Waals surface area contributed by atoms with Gasteiger partial charge < -0.3 is 52.5 Å². The highest BCUT2D eigenvalue weighted by Crippen LogP contribution is 2.51. The number of unbranched alkanes of at least 4 members (excludes halogenated alkanes) is 2. The fraction of sp³-hybridized carbons (Fsp3) is 0.438. The minimum absolute atomic E-state index is 0.0226. The minimum atomic E-state index is -0.154. The number of ether oxygens (including phenoxy) is 10. The van der Waals surface area contributed by atoms with Crippen molar-refractivity contribution in [2.45, 2.75) is 108 Å². The lowest BCUT2D eigenvalue weighted by molar-refractivity contribution is 0.0505. The Morgan fingerprint density at radius 2 is 0.867 bits per heavy atom. The largest absolute Gasteiger partial charge is 0.494 e. The standard InChI is InChI=1S/C32H40O6.C32H40O5/c1-32(26-12-8-25(9-13-26)21-34-2)22-37-31-20-28(38-23-35-3)16-17-29(31)30(32)7-5-4-6-24-10-14-27(15-11-24)36-19-18-33;1-5-35-27-16-12-24(13-17-27)8-6-7-9-30-29-19-18-28(37-23-34-4)20-31(29)36-22-32(30,2)26-14-10-25(11-15-26)21-33-3/h8-17,20,30,33H,4-7,18-19,21-23H2,1-3H3;10-20,30H,5-9,21-23H2,1-4H3. The fourth-order valence-corrected chi connectivity index (χ4v) is 10.6. The lowest BCUT2D eigenvalue weighted by Crippen LogP contribution is -2.40. The molecular formula is C64H80O11. The monoisotopic (exact) mass is 1020 g/mol. The van der Waals surface area contributed by atoms with Crippen LogP contribution < -0.4 is 28.4 Å². The van der Waals surface area contributed by atoms with Gasteiger partial charge in [-0.2, -0.15) is 0 Å². The van der Waals surface area contributed by atoms with E-state index in [-0.39, 0.29) is 31.0 Å². The van der Waals surface area contributed by atoms with Gasteiger partial charge in [0.05, 0.1) is 39.6 Å². The molecule has 1 N–H and O–H groups in total. The molecule has 0 aromatic heterocycles. The first kappa shape index (κ1) is 56.6. The van der Waals surface area contributed by atoms with Gasteiger partial charge in [0.25, 0.3) is 0 Å². The Kier molecular flexibility index (Phi) is 21.7. The van der Waals surface area contributed by atoms with Crippen LogP contribution in [0.5, 0.6) is 34.5 Å². The molecule has 11 heteroatoms. The first-order valence-corrected chi connectivity index (χ1v) is 26.6. The van der Waals surface area contributed by atoms with Crippen LogP contribution in [0.4, 0.5) is 0 Å². The van der Waals surface area contributed by atoms with E-state index >= 15 is 0 Å². The summed E-state index contributed by atoms with van der Waals surface area (Å²) in [5.74, 6) is 5.71. The molecule has 0 amide bonds. The second-order valence-electron chi connectivity index (χ2n) is 20.1. The number of aryl methyl sites for hydroxylation is 2. The molecule has 4 atom stereocenters. The molecule has 0 aliphatic carbocycles. The maximum absolute atomic E-state index is 8.94. The van der Waals surface area contributed by atoms with E-state index in [1.807, 2.05) is 43.3 Å². The number of aliphatic hydroxyl groups excluding tert-OH is 1. The summed E-state index contributed by atoms with van der Waals surface area (Å²) in [7, 11) is 6.70. The van der Waals surface area contributed by atoms with Crippen molar-refractivity contribution < 1.29 is 52.5 Å². The number of methoxy groups -OCH3 is 4. The molecule has 0 saturated carbocycles. The molecule has 8 rings (SSSR count). The zero-order valence-electron chi connectivity index (χ0n) is 45.4. The average molecular weight is 1030 g/mol. The molecule has 75 heavy (non-hydrogen) atoms. The van der Waals surface area contributed by atoms with Gasteiger partial charge in [-0.05, 0) is 126 Å². The van der Waals surface area contributed by atoms with Crippen molar-refractivity contribution in [1.82, 2.24) is 0 Å². The Morgan fingerprint density at radius 3 is 1.25 bits per heavy atom. The molecule has 2 aliphatic rings. The third kappa shape index (κ3) is 15.3. The first-order chi connectivity index (χ1) is 36.6. The molecule has 0 fully saturated rings. The Labute approximate surface area is 446 Å². The number of fused-ring (bicyclic) bond motifs is 2. The molecule has 6 aromatic rings. The topological polar surface area (TPSA) is 113 Å². The van der Waals surface area contributed by atoms with Crippen LogP contribution in [0.1, 0.15) is 116 Å². The van der Waals surface area contributed by atoms with Gasteiger partial charge in [0.1, 0.15) is 41.1 Å². The van der Waals surface area contributed by atoms with E-state index in [0.29, 0.717) is 51.5 Å². The van der Waals surface area contributed by atoms with Gasteiger partial charge in [0.15, 0.2) is 13.6 Å². The van der Waals surface area contributed by atoms with Gasteiger partial charge in [-0.3, -0.25) is 0 Å². The van der Waals surface area contributed by atoms with Gasteiger partial charge in [-0.25, -0.2) is 0 Å². The predicted octanol–water partition coefficient (Wildman–Crippen LogP) is 13.1. The van der Waals surface area contributed by atoms with Crippen LogP contribution in [-0.4, -0.2) is 80.2 Å². The van der Waals surface area contributed by atoms with E-state index in [9.17, 15) is 0 Å². The molecule has 11 nitrogen and oxygen atoms in total. The maximum atomic E-state index is 8.94. The fourth-order valence-electron chi connectivity index (χ4n) is 10.6. The Balaban J connectivity index is 0.000000219. The number of benzene rings is 6. The van der Waals surface area contributed by atoms with Crippen molar-refractivity contribution in [3.63, 3.8) is 0 Å². The lowest BCUT2D eigenvalue weighted by atomic mass is 9.66. The highest BCUT2D eigenvalue weighted by molar-refractivity contribution is 5.50. The minimum Gasteiger partial charge on any atom is -0.494 e. The molecule has 0 bridgehead atoms. The van der Waals surface area contributed by atoms with E-state index in [0.717, 1.165) is 85.9 Å². The normalized spacial score (nSPS) is 18.6. The highest BCUT2D eigenvalue weighted by atomic mass is 16.7. The summed E-state index contributed by atoms with van der Waals surface area (Å²) in [4.78, 5) is 0. The van der Waals surface area contributed by atoms with E-state index in [1.54, 1.807) is 28.4 Å². The number of hydrogen-bond acceptors (Lipinski definition) is 11. The summed E-state index contributed by atoms with van der Waals surface area (Å²) in [6.45, 7) is 10.6. The van der Waals surface area contributed by atoms with Crippen LogP contribution in [0, 0.1) is 0 Å². The first-order valence-electron chi connectivity index (χ1n) is 26.6. The highest BCUT2D eigenvalue weighted by Gasteiger charge is 2.43. The zero-order valence-corrected chi connectivity index (χ0v) is 45.4. The van der Waals surface area contributed by atoms with Crippen LogP contribution in [0.25, 0.3) is 0 Å². The van der Waals surface area contributed by atoms with Crippen molar-refractivity contribution >= 4 is 0 Å². The molecule has 2 heterocycles. The summed E-state index contributed by atoms with van der Waals surface area (Å²) in [5.41, 5.74) is 9.78. The summed E-state index contributed by atoms with van der Waals surface area (Å²) in [6.07, 6.45) is 8.70. The molecule has 0 spiro atoms. The van der Waals surface area contributed by atoms with Crippen molar-refractivity contribution in [2.24, 2.45) is 0 Å². The molecule has 2 aliphatic heterocycles. The summed E-state index contributed by atoms with van der Waals surface area (Å²) in [5, 5.41) is 8.94. The maximum Gasteiger partial charge on any atom is 0.188 e. The lowest BCUT2D eigenvalue weighted by Gasteiger charge is -2.43. The molecular weight excluding hydrogens is 945 g/mol. The van der Waals surface area contributed by atoms with Crippen LogP contribution in [0.2, 0.25) is 0 Å². The van der Waals surface area contributed by atoms with Gasteiger partial charge in [-0.15, -0.1) is 0 Å². The van der Waals surface area contributed by atoms with Crippen molar-refractivity contribution in [3.8, 4) is 34.5 Å². The Bertz CT molecular complexity index is 2600. The van der Waals surface area contributed by atoms with Crippen LogP contribution in [0.3, 0.4) is 0 Å². The van der Waals surface area contributed by atoms with Crippen LogP contribution in [-0.2, 0) is 55.8 Å². The smallest absolute Gasteiger partial charge is 0.188 e. The molecule has 0 saturated heterocycles. The van der Waals surface area contributed by atoms with Crippen LogP contribution >= 0.6 is 0 Å². The number of hydrogen-bond donors (Lipinski definition) is 1. The van der Waals surface area contributed by atoms with Gasteiger partial charge in [0.2, 0.25) is 0 Å². The predicted molar refractivity (Wildman–Crippen MR) is 295 cm³/mol. The van der Waals surface area contributed by atoms with Gasteiger partial charge in [-0.1, -0.05) is 112 Å². The van der Waals surface area contributed by atoms with E-state index in [4.69, 9.17) is 52.5 Å². The van der Waals surface area contributed by atoms with E-state index in [2.05, 4.69) is 111 Å². The van der Waals surface area contributed by atoms with Crippen molar-refractivity contribution in [2.75, 3.05) is 75.1 Å². The van der Waals surface area contributed by atoms with E-state index in [1.165, 1.54) is 44.5 Å². The van der Waals surface area contributed by atoms with Crippen LogP contribution in [0.15, 0.2) is 133 Å². The quantitative estimate of drug-likeness (QED) is 0.0393. The molecule has 6 aromatic carbocycles. The third-order valence-corrected chi connectivity index (χ3v) is 14.8. The number of aliphatic hydroxyl groups is 1. The molecule has 0 radical (unpaired) electrons. The summed E-state index contributed by atoms with van der Waals surface area (Å²) >= 11 is 0. The van der Waals surface area contributed by atoms with Crippen molar-refractivity contribution in [1.29, 1.82) is 0 Å². The average Bonchev–Trinajstić information content (AvgIpc) is 3.44. The summed E-state index contributed by atoms with van der Waals surface area (Å²) in [6, 6.07) is 46.7.